The molecule has 1 aliphatic heterocycles. The fourth-order valence-corrected chi connectivity index (χ4v) is 3.98. The molecule has 8 nitrogen and oxygen atoms in total. The zero-order valence-electron chi connectivity index (χ0n) is 18.6. The number of hydrogen-bond acceptors (Lipinski definition) is 7. The largest absolute Gasteiger partial charge is 0.354 e. The number of hydrogen-bond donors (Lipinski definition) is 0. The van der Waals surface area contributed by atoms with Gasteiger partial charge in [0.05, 0.1) is 18.3 Å². The van der Waals surface area contributed by atoms with Gasteiger partial charge in [0, 0.05) is 73.2 Å². The summed E-state index contributed by atoms with van der Waals surface area (Å²) in [7, 11) is 2.09. The second kappa shape index (κ2) is 9.22. The van der Waals surface area contributed by atoms with Crippen LogP contribution in [-0.4, -0.2) is 68.6 Å². The number of aromatic nitrogens is 5. The maximum atomic E-state index is 13.0. The van der Waals surface area contributed by atoms with Crippen LogP contribution in [0.1, 0.15) is 22.6 Å². The summed E-state index contributed by atoms with van der Waals surface area (Å²) < 4.78 is 26.3. The number of carbonyl (C=O) groups excluding carboxylic acids is 1. The highest BCUT2D eigenvalue weighted by Crippen LogP contribution is 2.24. The molecule has 0 amide bonds. The molecular formula is C24H23F2N7O. The molecule has 0 spiro atoms. The lowest BCUT2D eigenvalue weighted by atomic mass is 10.0. The average Bonchev–Trinajstić information content (AvgIpc) is 3.35. The van der Waals surface area contributed by atoms with Crippen LogP contribution in [0.2, 0.25) is 0 Å². The number of piperazine rings is 1. The van der Waals surface area contributed by atoms with Crippen molar-refractivity contribution in [1.82, 2.24) is 29.6 Å². The Hall–Kier alpha value is -3.79. The number of rotatable bonds is 6. The number of carbonyl (C=O) groups is 1. The average molecular weight is 463 g/mol. The predicted octanol–water partition coefficient (Wildman–Crippen LogP) is 3.46. The number of fused-ring (bicyclic) bond motifs is 1. The number of anilines is 1. The molecule has 0 saturated carbocycles. The first-order valence-corrected chi connectivity index (χ1v) is 11.0. The van der Waals surface area contributed by atoms with Crippen LogP contribution in [0.3, 0.4) is 0 Å². The van der Waals surface area contributed by atoms with Gasteiger partial charge in [-0.3, -0.25) is 14.8 Å². The van der Waals surface area contributed by atoms with Gasteiger partial charge in [0.2, 0.25) is 0 Å². The van der Waals surface area contributed by atoms with E-state index < -0.39 is 6.55 Å². The van der Waals surface area contributed by atoms with E-state index >= 15 is 0 Å². The third-order valence-electron chi connectivity index (χ3n) is 5.99. The quantitative estimate of drug-likeness (QED) is 0.405. The van der Waals surface area contributed by atoms with Crippen LogP contribution >= 0.6 is 0 Å². The zero-order chi connectivity index (χ0) is 23.7. The Morgan fingerprint density at radius 3 is 2.56 bits per heavy atom. The highest BCUT2D eigenvalue weighted by molar-refractivity contribution is 5.98. The summed E-state index contributed by atoms with van der Waals surface area (Å²) >= 11 is 0. The fraction of sp³-hybridized carbons (Fsp3) is 0.292. The minimum atomic E-state index is -2.71. The van der Waals surface area contributed by atoms with Gasteiger partial charge in [-0.1, -0.05) is 0 Å². The van der Waals surface area contributed by atoms with Crippen molar-refractivity contribution in [2.24, 2.45) is 0 Å². The topological polar surface area (TPSA) is 80.0 Å². The summed E-state index contributed by atoms with van der Waals surface area (Å²) in [5.74, 6) is 0.766. The van der Waals surface area contributed by atoms with Crippen molar-refractivity contribution < 1.29 is 13.6 Å². The number of alkyl halides is 2. The van der Waals surface area contributed by atoms with Crippen molar-refractivity contribution in [2.45, 2.75) is 13.0 Å². The number of ketones is 1. The van der Waals surface area contributed by atoms with Crippen molar-refractivity contribution >= 4 is 22.4 Å². The summed E-state index contributed by atoms with van der Waals surface area (Å²) in [5.41, 5.74) is 2.23. The molecule has 1 fully saturated rings. The number of halogens is 2. The molecule has 34 heavy (non-hydrogen) atoms. The predicted molar refractivity (Wildman–Crippen MR) is 124 cm³/mol. The van der Waals surface area contributed by atoms with E-state index in [9.17, 15) is 13.6 Å². The molecule has 1 saturated heterocycles. The zero-order valence-corrected chi connectivity index (χ0v) is 18.6. The van der Waals surface area contributed by atoms with E-state index in [1.807, 2.05) is 12.1 Å². The van der Waals surface area contributed by atoms with E-state index in [0.29, 0.717) is 27.2 Å². The number of pyridine rings is 3. The van der Waals surface area contributed by atoms with E-state index in [1.165, 1.54) is 12.4 Å². The lowest BCUT2D eigenvalue weighted by Gasteiger charge is -2.33. The Labute approximate surface area is 194 Å². The van der Waals surface area contributed by atoms with Crippen LogP contribution < -0.4 is 4.90 Å². The van der Waals surface area contributed by atoms with Gasteiger partial charge in [0.15, 0.2) is 5.78 Å². The van der Waals surface area contributed by atoms with E-state index in [-0.39, 0.29) is 12.2 Å². The summed E-state index contributed by atoms with van der Waals surface area (Å²) in [6.45, 7) is 0.960. The normalized spacial score (nSPS) is 14.8. The highest BCUT2D eigenvalue weighted by atomic mass is 19.3. The molecule has 10 heteroatoms. The minimum absolute atomic E-state index is 0.0443. The van der Waals surface area contributed by atoms with Crippen LogP contribution in [0.15, 0.2) is 55.2 Å². The van der Waals surface area contributed by atoms with Crippen LogP contribution in [0.4, 0.5) is 14.6 Å². The molecule has 0 N–H and O–H groups in total. The SMILES string of the molecule is CN1CCN(c2cc(C(=O)Cc3cc4cc(-c5cnn(C(F)F)c5)ncc4cn3)ccn2)CC1. The monoisotopic (exact) mass is 463 g/mol. The van der Waals surface area contributed by atoms with E-state index in [4.69, 9.17) is 0 Å². The van der Waals surface area contributed by atoms with Crippen molar-refractivity contribution in [3.8, 4) is 11.3 Å². The molecule has 4 aromatic rings. The Balaban J connectivity index is 1.35. The molecule has 0 atom stereocenters. The molecule has 5 rings (SSSR count). The lowest BCUT2D eigenvalue weighted by molar-refractivity contribution is 0.0566. The molecule has 174 valence electrons. The fourth-order valence-electron chi connectivity index (χ4n) is 3.98. The van der Waals surface area contributed by atoms with Crippen molar-refractivity contribution in [3.05, 3.63) is 66.5 Å². The molecule has 0 radical (unpaired) electrons. The lowest BCUT2D eigenvalue weighted by Crippen LogP contribution is -2.44. The summed E-state index contributed by atoms with van der Waals surface area (Å²) in [6, 6.07) is 7.19. The van der Waals surface area contributed by atoms with Gasteiger partial charge in [0.1, 0.15) is 5.82 Å². The highest BCUT2D eigenvalue weighted by Gasteiger charge is 2.17. The second-order valence-corrected chi connectivity index (χ2v) is 8.37. The van der Waals surface area contributed by atoms with Crippen molar-refractivity contribution in [2.75, 3.05) is 38.1 Å². The number of likely N-dealkylation sites (N-methyl/N-ethyl adjacent to an activating group) is 1. The molecule has 0 aliphatic carbocycles. The first-order valence-electron chi connectivity index (χ1n) is 11.0. The van der Waals surface area contributed by atoms with Gasteiger partial charge in [-0.25, -0.2) is 9.67 Å². The van der Waals surface area contributed by atoms with E-state index in [0.717, 1.165) is 42.8 Å². The number of nitrogens with zero attached hydrogens (tertiary/aromatic N) is 7. The van der Waals surface area contributed by atoms with Gasteiger partial charge < -0.3 is 9.80 Å². The Morgan fingerprint density at radius 2 is 1.79 bits per heavy atom. The first kappa shape index (κ1) is 22.0. The first-order chi connectivity index (χ1) is 16.5. The smallest absolute Gasteiger partial charge is 0.333 e. The molecule has 1 aliphatic rings. The summed E-state index contributed by atoms with van der Waals surface area (Å²) in [6.07, 6.45) is 7.72. The molecule has 4 aromatic heterocycles. The molecular weight excluding hydrogens is 440 g/mol. The van der Waals surface area contributed by atoms with Crippen LogP contribution in [0.5, 0.6) is 0 Å². The maximum absolute atomic E-state index is 13.0. The third kappa shape index (κ3) is 4.62. The van der Waals surface area contributed by atoms with Crippen molar-refractivity contribution in [3.63, 3.8) is 0 Å². The summed E-state index contributed by atoms with van der Waals surface area (Å²) in [4.78, 5) is 30.7. The molecule has 0 bridgehead atoms. The van der Waals surface area contributed by atoms with Crippen LogP contribution in [0.25, 0.3) is 22.0 Å². The van der Waals surface area contributed by atoms with Gasteiger partial charge in [-0.05, 0) is 36.7 Å². The molecule has 0 aromatic carbocycles. The van der Waals surface area contributed by atoms with Gasteiger partial charge >= 0.3 is 6.55 Å². The third-order valence-corrected chi connectivity index (χ3v) is 5.99. The Morgan fingerprint density at radius 1 is 1.00 bits per heavy atom. The van der Waals surface area contributed by atoms with E-state index in [1.54, 1.807) is 30.7 Å². The van der Waals surface area contributed by atoms with Gasteiger partial charge in [-0.2, -0.15) is 13.9 Å². The standard InChI is InChI=1S/C24H23F2N7O/c1-31-4-6-32(7-5-31)23-10-16(2-3-27-23)22(34)11-20-8-17-9-21(29-13-18(17)12-28-20)19-14-30-33(15-19)24(25)26/h2-3,8-10,12-15,24H,4-7,11H2,1H3. The Bertz CT molecular complexity index is 1330. The van der Waals surface area contributed by atoms with Gasteiger partial charge in [-0.15, -0.1) is 0 Å². The summed E-state index contributed by atoms with van der Waals surface area (Å²) in [5, 5.41) is 5.28. The second-order valence-electron chi connectivity index (χ2n) is 8.37. The van der Waals surface area contributed by atoms with Gasteiger partial charge in [0.25, 0.3) is 0 Å². The number of Topliss-reactive ketones (excluding diaryl/α,β-unsaturated/α-hetero) is 1. The van der Waals surface area contributed by atoms with Crippen LogP contribution in [0, 0.1) is 0 Å². The van der Waals surface area contributed by atoms with Crippen molar-refractivity contribution in [1.29, 1.82) is 0 Å². The van der Waals surface area contributed by atoms with E-state index in [2.05, 4.69) is 36.9 Å². The minimum Gasteiger partial charge on any atom is -0.354 e. The maximum Gasteiger partial charge on any atom is 0.333 e. The molecule has 0 unspecified atom stereocenters. The van der Waals surface area contributed by atoms with Crippen LogP contribution in [-0.2, 0) is 6.42 Å². The Kier molecular flexibility index (Phi) is 5.97. The molecule has 5 heterocycles.